The Balaban J connectivity index is 2.23. The molecule has 0 aromatic rings. The van der Waals surface area contributed by atoms with Gasteiger partial charge in [0.25, 0.3) is 6.43 Å². The van der Waals surface area contributed by atoms with Crippen LogP contribution in [0.4, 0.5) is 8.78 Å². The molecular weight excluding hydrogens is 230 g/mol. The lowest BCUT2D eigenvalue weighted by molar-refractivity contribution is -0.156. The third-order valence-electron chi connectivity index (χ3n) is 3.66. The third kappa shape index (κ3) is 2.00. The lowest BCUT2D eigenvalue weighted by Crippen LogP contribution is -2.70. The number of carbonyl (C=O) groups is 2. The van der Waals surface area contributed by atoms with Crippen molar-refractivity contribution in [1.29, 1.82) is 0 Å². The van der Waals surface area contributed by atoms with Crippen LogP contribution in [-0.4, -0.2) is 41.3 Å². The SMILES string of the molecule is CC1C(=O)NC(C)(C2CC2)C(=O)N1CC(F)F. The number of hydrogen-bond acceptors (Lipinski definition) is 2. The molecule has 1 aliphatic heterocycles. The van der Waals surface area contributed by atoms with Gasteiger partial charge in [0, 0.05) is 0 Å². The van der Waals surface area contributed by atoms with Crippen molar-refractivity contribution in [2.24, 2.45) is 5.92 Å². The maximum Gasteiger partial charge on any atom is 0.255 e. The molecule has 2 aliphatic rings. The Morgan fingerprint density at radius 3 is 2.53 bits per heavy atom. The standard InChI is InChI=1S/C11H16F2N2O2/c1-6-9(16)14-11(2,7-3-4-7)10(17)15(6)5-8(12)13/h6-8H,3-5H2,1-2H3,(H,14,16). The summed E-state index contributed by atoms with van der Waals surface area (Å²) in [4.78, 5) is 24.9. The molecule has 0 aromatic heterocycles. The summed E-state index contributed by atoms with van der Waals surface area (Å²) in [6, 6.07) is -0.816. The number of amides is 2. The molecule has 1 aliphatic carbocycles. The summed E-state index contributed by atoms with van der Waals surface area (Å²) in [5, 5.41) is 2.68. The summed E-state index contributed by atoms with van der Waals surface area (Å²) in [6.45, 7) is 2.44. The molecule has 1 heterocycles. The predicted octanol–water partition coefficient (Wildman–Crippen LogP) is 0.767. The molecule has 0 radical (unpaired) electrons. The number of halogens is 2. The van der Waals surface area contributed by atoms with Gasteiger partial charge in [0.1, 0.15) is 11.6 Å². The highest BCUT2D eigenvalue weighted by Gasteiger charge is 2.54. The summed E-state index contributed by atoms with van der Waals surface area (Å²) in [5.41, 5.74) is -0.988. The molecule has 2 rings (SSSR count). The van der Waals surface area contributed by atoms with Crippen LogP contribution in [0.25, 0.3) is 0 Å². The molecule has 2 fully saturated rings. The highest BCUT2D eigenvalue weighted by molar-refractivity contribution is 5.99. The van der Waals surface area contributed by atoms with E-state index in [1.165, 1.54) is 6.92 Å². The van der Waals surface area contributed by atoms with E-state index in [0.717, 1.165) is 17.7 Å². The molecule has 96 valence electrons. The molecule has 0 bridgehead atoms. The van der Waals surface area contributed by atoms with Gasteiger partial charge in [-0.2, -0.15) is 0 Å². The minimum Gasteiger partial charge on any atom is -0.340 e. The van der Waals surface area contributed by atoms with Crippen LogP contribution in [-0.2, 0) is 9.59 Å². The summed E-state index contributed by atoms with van der Waals surface area (Å²) in [6.07, 6.45) is -0.894. The number of alkyl halides is 2. The maximum atomic E-state index is 12.4. The molecule has 1 N–H and O–H groups in total. The molecule has 17 heavy (non-hydrogen) atoms. The van der Waals surface area contributed by atoms with Crippen molar-refractivity contribution >= 4 is 11.8 Å². The largest absolute Gasteiger partial charge is 0.340 e. The van der Waals surface area contributed by atoms with Crippen LogP contribution < -0.4 is 5.32 Å². The zero-order chi connectivity index (χ0) is 12.8. The normalized spacial score (nSPS) is 34.2. The van der Waals surface area contributed by atoms with E-state index in [1.807, 2.05) is 0 Å². The van der Waals surface area contributed by atoms with Gasteiger partial charge in [-0.1, -0.05) is 0 Å². The first-order chi connectivity index (χ1) is 7.86. The average molecular weight is 246 g/mol. The van der Waals surface area contributed by atoms with Crippen LogP contribution in [0, 0.1) is 5.92 Å². The zero-order valence-corrected chi connectivity index (χ0v) is 9.87. The Hall–Kier alpha value is -1.20. The van der Waals surface area contributed by atoms with Gasteiger partial charge in [-0.05, 0) is 32.6 Å². The van der Waals surface area contributed by atoms with Crippen molar-refractivity contribution in [1.82, 2.24) is 10.2 Å². The van der Waals surface area contributed by atoms with Crippen LogP contribution in [0.15, 0.2) is 0 Å². The lowest BCUT2D eigenvalue weighted by atomic mass is 9.90. The average Bonchev–Trinajstić information content (AvgIpc) is 3.05. The number of hydrogen-bond donors (Lipinski definition) is 1. The minimum absolute atomic E-state index is 0.0895. The van der Waals surface area contributed by atoms with E-state index in [4.69, 9.17) is 0 Å². The fourth-order valence-electron chi connectivity index (χ4n) is 2.36. The summed E-state index contributed by atoms with van der Waals surface area (Å²) in [7, 11) is 0. The predicted molar refractivity (Wildman–Crippen MR) is 56.5 cm³/mol. The Kier molecular flexibility index (Phi) is 2.83. The Morgan fingerprint density at radius 1 is 1.47 bits per heavy atom. The quantitative estimate of drug-likeness (QED) is 0.799. The first kappa shape index (κ1) is 12.3. The Bertz CT molecular complexity index is 357. The zero-order valence-electron chi connectivity index (χ0n) is 9.87. The molecule has 2 amide bonds. The summed E-state index contributed by atoms with van der Waals surface area (Å²) >= 11 is 0. The van der Waals surface area contributed by atoms with Gasteiger partial charge in [-0.25, -0.2) is 8.78 Å². The van der Waals surface area contributed by atoms with Gasteiger partial charge < -0.3 is 10.2 Å². The van der Waals surface area contributed by atoms with E-state index in [1.54, 1.807) is 6.92 Å². The summed E-state index contributed by atoms with van der Waals surface area (Å²) < 4.78 is 24.9. The number of rotatable bonds is 3. The van der Waals surface area contributed by atoms with Crippen LogP contribution >= 0.6 is 0 Å². The monoisotopic (exact) mass is 246 g/mol. The van der Waals surface area contributed by atoms with Crippen LogP contribution in [0.3, 0.4) is 0 Å². The van der Waals surface area contributed by atoms with Crippen molar-refractivity contribution in [3.8, 4) is 0 Å². The van der Waals surface area contributed by atoms with E-state index in [9.17, 15) is 18.4 Å². The molecule has 0 spiro atoms. The smallest absolute Gasteiger partial charge is 0.255 e. The number of piperazine rings is 1. The molecule has 4 nitrogen and oxygen atoms in total. The molecule has 0 aromatic carbocycles. The topological polar surface area (TPSA) is 49.4 Å². The molecule has 6 heteroatoms. The highest BCUT2D eigenvalue weighted by atomic mass is 19.3. The first-order valence-corrected chi connectivity index (χ1v) is 5.77. The highest BCUT2D eigenvalue weighted by Crippen LogP contribution is 2.42. The van der Waals surface area contributed by atoms with E-state index < -0.39 is 24.6 Å². The van der Waals surface area contributed by atoms with Gasteiger partial charge in [-0.15, -0.1) is 0 Å². The molecular formula is C11H16F2N2O2. The van der Waals surface area contributed by atoms with Gasteiger partial charge in [-0.3, -0.25) is 9.59 Å². The third-order valence-corrected chi connectivity index (χ3v) is 3.66. The Labute approximate surface area is 98.3 Å². The van der Waals surface area contributed by atoms with E-state index in [0.29, 0.717) is 0 Å². The van der Waals surface area contributed by atoms with Crippen molar-refractivity contribution in [3.05, 3.63) is 0 Å². The van der Waals surface area contributed by atoms with Gasteiger partial charge >= 0.3 is 0 Å². The van der Waals surface area contributed by atoms with E-state index in [2.05, 4.69) is 5.32 Å². The number of nitrogens with one attached hydrogen (secondary N) is 1. The minimum atomic E-state index is -2.62. The fourth-order valence-corrected chi connectivity index (χ4v) is 2.36. The van der Waals surface area contributed by atoms with Crippen LogP contribution in [0.5, 0.6) is 0 Å². The second kappa shape index (κ2) is 3.92. The van der Waals surface area contributed by atoms with Crippen molar-refractivity contribution in [2.75, 3.05) is 6.54 Å². The van der Waals surface area contributed by atoms with E-state index >= 15 is 0 Å². The number of carbonyl (C=O) groups excluding carboxylic acids is 2. The second-order valence-corrected chi connectivity index (χ2v) is 4.99. The molecule has 1 saturated carbocycles. The number of nitrogens with zero attached hydrogens (tertiary/aromatic N) is 1. The van der Waals surface area contributed by atoms with Gasteiger partial charge in [0.15, 0.2) is 0 Å². The second-order valence-electron chi connectivity index (χ2n) is 4.99. The van der Waals surface area contributed by atoms with Gasteiger partial charge in [0.05, 0.1) is 6.54 Å². The molecule has 2 unspecified atom stereocenters. The molecule has 2 atom stereocenters. The first-order valence-electron chi connectivity index (χ1n) is 5.77. The maximum absolute atomic E-state index is 12.4. The van der Waals surface area contributed by atoms with E-state index in [-0.39, 0.29) is 17.7 Å². The van der Waals surface area contributed by atoms with Crippen molar-refractivity contribution in [2.45, 2.75) is 44.7 Å². The van der Waals surface area contributed by atoms with Crippen LogP contribution in [0.1, 0.15) is 26.7 Å². The fraction of sp³-hybridized carbons (Fsp3) is 0.818. The Morgan fingerprint density at radius 2 is 2.06 bits per heavy atom. The molecule has 1 saturated heterocycles. The lowest BCUT2D eigenvalue weighted by Gasteiger charge is -2.43. The van der Waals surface area contributed by atoms with Crippen molar-refractivity contribution < 1.29 is 18.4 Å². The summed E-state index contributed by atoms with van der Waals surface area (Å²) in [5.74, 6) is -0.640. The van der Waals surface area contributed by atoms with Gasteiger partial charge in [0.2, 0.25) is 11.8 Å². The van der Waals surface area contributed by atoms with Crippen molar-refractivity contribution in [3.63, 3.8) is 0 Å². The van der Waals surface area contributed by atoms with Crippen LogP contribution in [0.2, 0.25) is 0 Å².